The molecule has 1 fully saturated rings. The van der Waals surface area contributed by atoms with E-state index in [1.807, 2.05) is 12.1 Å². The standard InChI is InChI=1S/C21H19ClN4O4/c1-14-2-3-15(11-20(14)26(28)29)10-16(13-23)21(27)24-18-12-17(22)4-5-19(18)25-6-8-30-9-7-25/h2-5,10-12H,6-9H2,1H3,(H,24,27)/b16-10+. The smallest absolute Gasteiger partial charge is 0.272 e. The highest BCUT2D eigenvalue weighted by molar-refractivity contribution is 6.31. The fourth-order valence-corrected chi connectivity index (χ4v) is 3.28. The number of hydrogen-bond acceptors (Lipinski definition) is 6. The number of nitriles is 1. The van der Waals surface area contributed by atoms with Gasteiger partial charge in [0.05, 0.1) is 29.5 Å². The van der Waals surface area contributed by atoms with Gasteiger partial charge in [-0.2, -0.15) is 5.26 Å². The molecule has 0 saturated carbocycles. The van der Waals surface area contributed by atoms with Crippen LogP contribution in [0.3, 0.4) is 0 Å². The Morgan fingerprint density at radius 2 is 2.03 bits per heavy atom. The van der Waals surface area contributed by atoms with Crippen LogP contribution in [-0.4, -0.2) is 37.1 Å². The summed E-state index contributed by atoms with van der Waals surface area (Å²) >= 11 is 6.11. The number of hydrogen-bond donors (Lipinski definition) is 1. The maximum absolute atomic E-state index is 12.8. The SMILES string of the molecule is Cc1ccc(/C=C(\C#N)C(=O)Nc2cc(Cl)ccc2N2CCOCC2)cc1[N+](=O)[O-]. The predicted molar refractivity (Wildman–Crippen MR) is 115 cm³/mol. The summed E-state index contributed by atoms with van der Waals surface area (Å²) in [6.07, 6.45) is 1.32. The Morgan fingerprint density at radius 1 is 1.30 bits per heavy atom. The summed E-state index contributed by atoms with van der Waals surface area (Å²) in [5.41, 5.74) is 1.88. The first-order chi connectivity index (χ1) is 14.4. The van der Waals surface area contributed by atoms with Crippen molar-refractivity contribution in [3.8, 4) is 6.07 Å². The van der Waals surface area contributed by atoms with E-state index in [0.29, 0.717) is 48.1 Å². The predicted octanol–water partition coefficient (Wildman–Crippen LogP) is 3.94. The van der Waals surface area contributed by atoms with Crippen LogP contribution in [-0.2, 0) is 9.53 Å². The molecule has 30 heavy (non-hydrogen) atoms. The second kappa shape index (κ2) is 9.39. The summed E-state index contributed by atoms with van der Waals surface area (Å²) in [7, 11) is 0. The minimum absolute atomic E-state index is 0.0779. The largest absolute Gasteiger partial charge is 0.378 e. The van der Waals surface area contributed by atoms with Crippen molar-refractivity contribution in [1.82, 2.24) is 0 Å². The lowest BCUT2D eigenvalue weighted by Gasteiger charge is -2.30. The van der Waals surface area contributed by atoms with Crippen LogP contribution >= 0.6 is 11.6 Å². The van der Waals surface area contributed by atoms with Crippen molar-refractivity contribution >= 4 is 40.6 Å². The molecule has 1 heterocycles. The summed E-state index contributed by atoms with van der Waals surface area (Å²) in [4.78, 5) is 25.5. The van der Waals surface area contributed by atoms with Gasteiger partial charge in [0.15, 0.2) is 0 Å². The molecule has 1 saturated heterocycles. The van der Waals surface area contributed by atoms with Crippen LogP contribution in [0.2, 0.25) is 5.02 Å². The lowest BCUT2D eigenvalue weighted by atomic mass is 10.1. The van der Waals surface area contributed by atoms with Crippen molar-refractivity contribution in [2.75, 3.05) is 36.5 Å². The van der Waals surface area contributed by atoms with Gasteiger partial charge in [0.1, 0.15) is 11.6 Å². The van der Waals surface area contributed by atoms with Crippen molar-refractivity contribution in [2.24, 2.45) is 0 Å². The van der Waals surface area contributed by atoms with E-state index >= 15 is 0 Å². The summed E-state index contributed by atoms with van der Waals surface area (Å²) in [6, 6.07) is 11.5. The number of amides is 1. The first kappa shape index (κ1) is 21.3. The van der Waals surface area contributed by atoms with E-state index in [0.717, 1.165) is 5.69 Å². The highest BCUT2D eigenvalue weighted by Gasteiger charge is 2.18. The molecule has 1 N–H and O–H groups in total. The number of aryl methyl sites for hydroxylation is 1. The van der Waals surface area contributed by atoms with Crippen molar-refractivity contribution < 1.29 is 14.5 Å². The Labute approximate surface area is 178 Å². The number of nitrogens with zero attached hydrogens (tertiary/aromatic N) is 3. The molecule has 0 bridgehead atoms. The first-order valence-electron chi connectivity index (χ1n) is 9.19. The van der Waals surface area contributed by atoms with Gasteiger partial charge in [-0.15, -0.1) is 0 Å². The minimum Gasteiger partial charge on any atom is -0.378 e. The van der Waals surface area contributed by atoms with Gasteiger partial charge in [0, 0.05) is 29.7 Å². The molecule has 0 unspecified atom stereocenters. The van der Waals surface area contributed by atoms with Gasteiger partial charge < -0.3 is 15.0 Å². The average Bonchev–Trinajstić information content (AvgIpc) is 2.73. The second-order valence-electron chi connectivity index (χ2n) is 6.69. The molecule has 0 radical (unpaired) electrons. The molecule has 9 heteroatoms. The molecule has 3 rings (SSSR count). The topological polar surface area (TPSA) is 108 Å². The number of morpholine rings is 1. The van der Waals surface area contributed by atoms with Crippen LogP contribution in [0.4, 0.5) is 17.1 Å². The number of nitro groups is 1. The quantitative estimate of drug-likeness (QED) is 0.335. The zero-order valence-electron chi connectivity index (χ0n) is 16.2. The molecule has 1 aliphatic rings. The zero-order valence-corrected chi connectivity index (χ0v) is 17.0. The normalized spacial score (nSPS) is 14.2. The van der Waals surface area contributed by atoms with E-state index in [9.17, 15) is 20.2 Å². The molecule has 0 spiro atoms. The maximum Gasteiger partial charge on any atom is 0.272 e. The Balaban J connectivity index is 1.88. The van der Waals surface area contributed by atoms with Crippen molar-refractivity contribution in [2.45, 2.75) is 6.92 Å². The van der Waals surface area contributed by atoms with Crippen LogP contribution in [0.1, 0.15) is 11.1 Å². The third kappa shape index (κ3) is 4.95. The van der Waals surface area contributed by atoms with Crippen molar-refractivity contribution in [1.29, 1.82) is 5.26 Å². The molecule has 0 aliphatic carbocycles. The number of anilines is 2. The van der Waals surface area contributed by atoms with Crippen LogP contribution in [0.5, 0.6) is 0 Å². The minimum atomic E-state index is -0.627. The first-order valence-corrected chi connectivity index (χ1v) is 9.57. The van der Waals surface area contributed by atoms with Crippen LogP contribution in [0.15, 0.2) is 42.0 Å². The van der Waals surface area contributed by atoms with Gasteiger partial charge in [-0.25, -0.2) is 0 Å². The lowest BCUT2D eigenvalue weighted by Crippen LogP contribution is -2.36. The fraction of sp³-hybridized carbons (Fsp3) is 0.238. The monoisotopic (exact) mass is 426 g/mol. The van der Waals surface area contributed by atoms with E-state index < -0.39 is 10.8 Å². The summed E-state index contributed by atoms with van der Waals surface area (Å²) in [5.74, 6) is -0.627. The van der Waals surface area contributed by atoms with E-state index in [2.05, 4.69) is 10.2 Å². The number of ether oxygens (including phenoxy) is 1. The molecule has 8 nitrogen and oxygen atoms in total. The Bertz CT molecular complexity index is 1060. The number of halogens is 1. The van der Waals surface area contributed by atoms with E-state index in [4.69, 9.17) is 16.3 Å². The highest BCUT2D eigenvalue weighted by atomic mass is 35.5. The number of nitrogens with one attached hydrogen (secondary N) is 1. The molecule has 2 aromatic carbocycles. The maximum atomic E-state index is 12.8. The lowest BCUT2D eigenvalue weighted by molar-refractivity contribution is -0.385. The third-order valence-corrected chi connectivity index (χ3v) is 4.90. The van der Waals surface area contributed by atoms with Gasteiger partial charge in [-0.05, 0) is 36.8 Å². The molecule has 2 aromatic rings. The van der Waals surface area contributed by atoms with Crippen LogP contribution < -0.4 is 10.2 Å². The number of carbonyl (C=O) groups is 1. The number of benzene rings is 2. The zero-order chi connectivity index (χ0) is 21.7. The highest BCUT2D eigenvalue weighted by Crippen LogP contribution is 2.30. The van der Waals surface area contributed by atoms with E-state index in [1.54, 1.807) is 31.2 Å². The molecule has 154 valence electrons. The number of carbonyl (C=O) groups excluding carboxylic acids is 1. The molecule has 1 aliphatic heterocycles. The van der Waals surface area contributed by atoms with Gasteiger partial charge in [0.25, 0.3) is 11.6 Å². The Hall–Kier alpha value is -3.41. The van der Waals surface area contributed by atoms with Gasteiger partial charge >= 0.3 is 0 Å². The Kier molecular flexibility index (Phi) is 6.67. The molecular formula is C21H19ClN4O4. The third-order valence-electron chi connectivity index (χ3n) is 4.66. The molecule has 0 atom stereocenters. The van der Waals surface area contributed by atoms with Crippen LogP contribution in [0.25, 0.3) is 6.08 Å². The van der Waals surface area contributed by atoms with E-state index in [-0.39, 0.29) is 11.3 Å². The fourth-order valence-electron chi connectivity index (χ4n) is 3.11. The van der Waals surface area contributed by atoms with E-state index in [1.165, 1.54) is 12.1 Å². The van der Waals surface area contributed by atoms with Gasteiger partial charge in [-0.3, -0.25) is 14.9 Å². The summed E-state index contributed by atoms with van der Waals surface area (Å²) in [6.45, 7) is 4.10. The molecule has 0 aromatic heterocycles. The van der Waals surface area contributed by atoms with Crippen molar-refractivity contribution in [3.63, 3.8) is 0 Å². The summed E-state index contributed by atoms with van der Waals surface area (Å²) < 4.78 is 5.37. The molecule has 1 amide bonds. The number of rotatable bonds is 5. The van der Waals surface area contributed by atoms with Crippen LogP contribution in [0, 0.1) is 28.4 Å². The summed E-state index contributed by atoms with van der Waals surface area (Å²) in [5, 5.41) is 23.8. The molecular weight excluding hydrogens is 408 g/mol. The second-order valence-corrected chi connectivity index (χ2v) is 7.12. The average molecular weight is 427 g/mol. The Morgan fingerprint density at radius 3 is 2.70 bits per heavy atom. The van der Waals surface area contributed by atoms with Gasteiger partial charge in [0.2, 0.25) is 0 Å². The van der Waals surface area contributed by atoms with Gasteiger partial charge in [-0.1, -0.05) is 23.7 Å². The number of nitro benzene ring substituents is 1. The van der Waals surface area contributed by atoms with Crippen molar-refractivity contribution in [3.05, 3.63) is 68.2 Å².